The number of aromatic nitrogens is 2. The molecule has 31 heavy (non-hydrogen) atoms. The van der Waals surface area contributed by atoms with Gasteiger partial charge in [0.1, 0.15) is 5.82 Å². The highest BCUT2D eigenvalue weighted by Crippen LogP contribution is 2.20. The molecule has 0 fully saturated rings. The maximum absolute atomic E-state index is 12.3. The predicted octanol–water partition coefficient (Wildman–Crippen LogP) is 3.71. The summed E-state index contributed by atoms with van der Waals surface area (Å²) >= 11 is 1.20. The van der Waals surface area contributed by atoms with Crippen LogP contribution in [0.5, 0.6) is 0 Å². The molecular weight excluding hydrogens is 418 g/mol. The number of non-ortho nitro benzene ring substituents is 1. The van der Waals surface area contributed by atoms with Crippen LogP contribution in [0.1, 0.15) is 11.3 Å². The number of amides is 2. The smallest absolute Gasteiger partial charge is 0.269 e. The van der Waals surface area contributed by atoms with E-state index in [1.54, 1.807) is 25.1 Å². The SMILES string of the molecule is Cc1ccc(NC(=O)CSCC(=O)Nc2cc(C)nn2-c2ccc([N+](=O)[O-])cc2)cc1. The first kappa shape index (κ1) is 22.0. The highest BCUT2D eigenvalue weighted by Gasteiger charge is 2.13. The molecule has 2 N–H and O–H groups in total. The number of hydrogen-bond acceptors (Lipinski definition) is 6. The van der Waals surface area contributed by atoms with Crippen molar-refractivity contribution in [2.45, 2.75) is 13.8 Å². The first-order valence-corrected chi connectivity index (χ1v) is 10.5. The van der Waals surface area contributed by atoms with Crippen LogP contribution in [-0.4, -0.2) is 38.0 Å². The standard InChI is InChI=1S/C21H21N5O4S/c1-14-3-5-16(6-4-14)22-20(27)12-31-13-21(28)23-19-11-15(2)24-25(19)17-7-9-18(10-8-17)26(29)30/h3-11H,12-13H2,1-2H3,(H,22,27)(H,23,28). The van der Waals surface area contributed by atoms with Crippen LogP contribution in [-0.2, 0) is 9.59 Å². The monoisotopic (exact) mass is 439 g/mol. The topological polar surface area (TPSA) is 119 Å². The second kappa shape index (κ2) is 9.90. The van der Waals surface area contributed by atoms with E-state index in [1.165, 1.54) is 28.6 Å². The van der Waals surface area contributed by atoms with Crippen LogP contribution in [0.2, 0.25) is 0 Å². The summed E-state index contributed by atoms with van der Waals surface area (Å²) in [4.78, 5) is 34.7. The zero-order valence-electron chi connectivity index (χ0n) is 17.0. The third-order valence-corrected chi connectivity index (χ3v) is 5.14. The fraction of sp³-hybridized carbons (Fsp3) is 0.190. The van der Waals surface area contributed by atoms with E-state index in [4.69, 9.17) is 0 Å². The van der Waals surface area contributed by atoms with Crippen LogP contribution >= 0.6 is 11.8 Å². The Morgan fingerprint density at radius 3 is 2.23 bits per heavy atom. The summed E-state index contributed by atoms with van der Waals surface area (Å²) in [6, 6.07) is 15.0. The van der Waals surface area contributed by atoms with Gasteiger partial charge in [-0.25, -0.2) is 4.68 Å². The summed E-state index contributed by atoms with van der Waals surface area (Å²) in [7, 11) is 0. The number of nitro groups is 1. The molecule has 0 unspecified atom stereocenters. The molecule has 0 aliphatic heterocycles. The Morgan fingerprint density at radius 1 is 1.00 bits per heavy atom. The number of nitro benzene ring substituents is 1. The molecule has 160 valence electrons. The van der Waals surface area contributed by atoms with Crippen molar-refractivity contribution in [3.8, 4) is 5.69 Å². The van der Waals surface area contributed by atoms with Gasteiger partial charge >= 0.3 is 0 Å². The van der Waals surface area contributed by atoms with Gasteiger partial charge in [-0.2, -0.15) is 5.10 Å². The summed E-state index contributed by atoms with van der Waals surface area (Å²) in [5, 5.41) is 20.7. The molecular formula is C21H21N5O4S. The number of rotatable bonds is 8. The Morgan fingerprint density at radius 2 is 1.61 bits per heavy atom. The van der Waals surface area contributed by atoms with Crippen LogP contribution in [0.3, 0.4) is 0 Å². The number of benzene rings is 2. The van der Waals surface area contributed by atoms with E-state index >= 15 is 0 Å². The van der Waals surface area contributed by atoms with E-state index in [0.717, 1.165) is 5.56 Å². The third kappa shape index (κ3) is 6.16. The van der Waals surface area contributed by atoms with Gasteiger partial charge in [0.15, 0.2) is 0 Å². The van der Waals surface area contributed by atoms with Gasteiger partial charge in [0.05, 0.1) is 27.8 Å². The number of thioether (sulfide) groups is 1. The van der Waals surface area contributed by atoms with E-state index in [1.807, 2.05) is 31.2 Å². The van der Waals surface area contributed by atoms with Gasteiger partial charge in [0.25, 0.3) is 5.69 Å². The molecule has 0 saturated heterocycles. The molecule has 0 bridgehead atoms. The minimum Gasteiger partial charge on any atom is -0.325 e. The quantitative estimate of drug-likeness (QED) is 0.408. The molecule has 0 aliphatic carbocycles. The first-order valence-electron chi connectivity index (χ1n) is 9.37. The molecule has 9 nitrogen and oxygen atoms in total. The van der Waals surface area contributed by atoms with Crippen molar-refractivity contribution in [1.29, 1.82) is 0 Å². The Balaban J connectivity index is 1.54. The summed E-state index contributed by atoms with van der Waals surface area (Å²) in [5.74, 6) is 0.207. The molecule has 1 aromatic heterocycles. The largest absolute Gasteiger partial charge is 0.325 e. The van der Waals surface area contributed by atoms with Gasteiger partial charge in [0.2, 0.25) is 11.8 Å². The minimum atomic E-state index is -0.479. The molecule has 0 saturated carbocycles. The third-order valence-electron chi connectivity index (χ3n) is 4.21. The van der Waals surface area contributed by atoms with Crippen molar-refractivity contribution in [3.63, 3.8) is 0 Å². The fourth-order valence-corrected chi connectivity index (χ4v) is 3.37. The summed E-state index contributed by atoms with van der Waals surface area (Å²) in [5.41, 5.74) is 3.05. The Hall–Kier alpha value is -3.66. The average Bonchev–Trinajstić information content (AvgIpc) is 3.09. The molecule has 1 heterocycles. The van der Waals surface area contributed by atoms with Crippen molar-refractivity contribution in [1.82, 2.24) is 9.78 Å². The van der Waals surface area contributed by atoms with Crippen LogP contribution in [0.25, 0.3) is 5.69 Å². The average molecular weight is 439 g/mol. The van der Waals surface area contributed by atoms with E-state index in [-0.39, 0.29) is 29.0 Å². The molecule has 3 aromatic rings. The molecule has 0 atom stereocenters. The lowest BCUT2D eigenvalue weighted by Gasteiger charge is -2.09. The van der Waals surface area contributed by atoms with E-state index in [2.05, 4.69) is 15.7 Å². The van der Waals surface area contributed by atoms with Crippen molar-refractivity contribution < 1.29 is 14.5 Å². The van der Waals surface area contributed by atoms with Crippen molar-refractivity contribution in [2.24, 2.45) is 0 Å². The lowest BCUT2D eigenvalue weighted by molar-refractivity contribution is -0.384. The van der Waals surface area contributed by atoms with Gasteiger partial charge in [-0.05, 0) is 38.1 Å². The van der Waals surface area contributed by atoms with Crippen LogP contribution in [0.4, 0.5) is 17.2 Å². The second-order valence-corrected chi connectivity index (χ2v) is 7.80. The number of anilines is 2. The van der Waals surface area contributed by atoms with Gasteiger partial charge in [-0.1, -0.05) is 17.7 Å². The molecule has 0 aliphatic rings. The predicted molar refractivity (Wildman–Crippen MR) is 121 cm³/mol. The maximum atomic E-state index is 12.3. The van der Waals surface area contributed by atoms with Crippen LogP contribution in [0, 0.1) is 24.0 Å². The van der Waals surface area contributed by atoms with E-state index in [0.29, 0.717) is 22.9 Å². The van der Waals surface area contributed by atoms with Crippen LogP contribution in [0.15, 0.2) is 54.6 Å². The number of hydrogen-bond donors (Lipinski definition) is 2. The lowest BCUT2D eigenvalue weighted by atomic mass is 10.2. The zero-order chi connectivity index (χ0) is 22.4. The first-order chi connectivity index (χ1) is 14.8. The molecule has 2 amide bonds. The van der Waals surface area contributed by atoms with Gasteiger partial charge in [0, 0.05) is 23.9 Å². The van der Waals surface area contributed by atoms with Crippen molar-refractivity contribution in [3.05, 3.63) is 76.0 Å². The van der Waals surface area contributed by atoms with Crippen molar-refractivity contribution in [2.75, 3.05) is 22.1 Å². The van der Waals surface area contributed by atoms with Gasteiger partial charge in [-0.3, -0.25) is 19.7 Å². The number of aryl methyl sites for hydroxylation is 2. The highest BCUT2D eigenvalue weighted by atomic mass is 32.2. The number of nitrogens with one attached hydrogen (secondary N) is 2. The lowest BCUT2D eigenvalue weighted by Crippen LogP contribution is -2.19. The van der Waals surface area contributed by atoms with Gasteiger partial charge < -0.3 is 10.6 Å². The Labute approximate surface area is 183 Å². The van der Waals surface area contributed by atoms with Crippen LogP contribution < -0.4 is 10.6 Å². The van der Waals surface area contributed by atoms with E-state index in [9.17, 15) is 19.7 Å². The fourth-order valence-electron chi connectivity index (χ4n) is 2.75. The number of carbonyl (C=O) groups is 2. The van der Waals surface area contributed by atoms with Crippen molar-refractivity contribution >= 4 is 40.8 Å². The van der Waals surface area contributed by atoms with Gasteiger partial charge in [-0.15, -0.1) is 11.8 Å². The minimum absolute atomic E-state index is 0.0291. The number of carbonyl (C=O) groups excluding carboxylic acids is 2. The molecule has 0 radical (unpaired) electrons. The summed E-state index contributed by atoms with van der Waals surface area (Å²) in [6.45, 7) is 3.75. The summed E-state index contributed by atoms with van der Waals surface area (Å²) in [6.07, 6.45) is 0. The maximum Gasteiger partial charge on any atom is 0.269 e. The summed E-state index contributed by atoms with van der Waals surface area (Å²) < 4.78 is 1.51. The molecule has 10 heteroatoms. The second-order valence-electron chi connectivity index (χ2n) is 6.81. The number of nitrogens with zero attached hydrogens (tertiary/aromatic N) is 3. The molecule has 0 spiro atoms. The van der Waals surface area contributed by atoms with E-state index < -0.39 is 4.92 Å². The normalized spacial score (nSPS) is 10.5. The highest BCUT2D eigenvalue weighted by molar-refractivity contribution is 8.00. The molecule has 2 aromatic carbocycles. The molecule has 3 rings (SSSR count). The Bertz CT molecular complexity index is 1090. The Kier molecular flexibility index (Phi) is 7.03. The zero-order valence-corrected chi connectivity index (χ0v) is 17.8.